The maximum absolute atomic E-state index is 12.8. The Bertz CT molecular complexity index is 1310. The number of hydrogen-bond donors (Lipinski definition) is 2. The predicted molar refractivity (Wildman–Crippen MR) is 124 cm³/mol. The summed E-state index contributed by atoms with van der Waals surface area (Å²) in [5.74, 6) is -0.433. The summed E-state index contributed by atoms with van der Waals surface area (Å²) in [5, 5.41) is 4.71. The highest BCUT2D eigenvalue weighted by Gasteiger charge is 2.34. The number of fused-ring (bicyclic) bond motifs is 2. The maximum atomic E-state index is 12.8. The van der Waals surface area contributed by atoms with Gasteiger partial charge in [-0.15, -0.1) is 0 Å². The second kappa shape index (κ2) is 7.81. The molecule has 1 unspecified atom stereocenters. The number of rotatable bonds is 5. The first-order chi connectivity index (χ1) is 15.0. The van der Waals surface area contributed by atoms with Crippen molar-refractivity contribution in [2.45, 2.75) is 26.7 Å². The van der Waals surface area contributed by atoms with Gasteiger partial charge in [0, 0.05) is 36.6 Å². The number of H-pyrrole nitrogens is 1. The fourth-order valence-electron chi connectivity index (χ4n) is 4.21. The molecule has 0 saturated carbocycles. The lowest BCUT2D eigenvalue weighted by Crippen LogP contribution is -2.29. The van der Waals surface area contributed by atoms with Crippen LogP contribution in [0.5, 0.6) is 0 Å². The number of nitrogens with one attached hydrogen (secondary N) is 2. The molecule has 0 bridgehead atoms. The summed E-state index contributed by atoms with van der Waals surface area (Å²) in [6.07, 6.45) is 3.03. The number of aryl methyl sites for hydroxylation is 2. The van der Waals surface area contributed by atoms with Crippen molar-refractivity contribution in [3.8, 4) is 0 Å². The standard InChI is InChI=1S/C24H24N4O2S/c1-14-3-5-19-18(9-14)16(12-25-19)7-8-28-13-17(11-22(28)29)23(30)27-24-26-20-6-4-15(2)10-21(20)31-24/h3-6,9-10,12,17,25H,7-8,11,13H2,1-2H3,(H,26,27,30). The smallest absolute Gasteiger partial charge is 0.231 e. The van der Waals surface area contributed by atoms with Crippen LogP contribution in [0.1, 0.15) is 23.1 Å². The molecule has 2 amide bonds. The van der Waals surface area contributed by atoms with Crippen molar-refractivity contribution in [3.63, 3.8) is 0 Å². The molecule has 1 atom stereocenters. The molecule has 1 saturated heterocycles. The van der Waals surface area contributed by atoms with Gasteiger partial charge in [-0.3, -0.25) is 9.59 Å². The molecule has 7 heteroatoms. The molecule has 3 heterocycles. The molecule has 2 aromatic heterocycles. The number of thiazole rings is 1. The molecule has 6 nitrogen and oxygen atoms in total. The normalized spacial score (nSPS) is 16.5. The first kappa shape index (κ1) is 19.8. The van der Waals surface area contributed by atoms with Crippen LogP contribution in [0.3, 0.4) is 0 Å². The van der Waals surface area contributed by atoms with Gasteiger partial charge in [0.2, 0.25) is 11.8 Å². The van der Waals surface area contributed by atoms with E-state index in [4.69, 9.17) is 0 Å². The lowest BCUT2D eigenvalue weighted by Gasteiger charge is -2.16. The Balaban J connectivity index is 1.22. The highest BCUT2D eigenvalue weighted by Crippen LogP contribution is 2.28. The molecular formula is C24H24N4O2S. The van der Waals surface area contributed by atoms with Crippen molar-refractivity contribution >= 4 is 49.4 Å². The van der Waals surface area contributed by atoms with Crippen LogP contribution in [-0.4, -0.2) is 39.8 Å². The Morgan fingerprint density at radius 3 is 2.90 bits per heavy atom. The van der Waals surface area contributed by atoms with Crippen molar-refractivity contribution in [2.75, 3.05) is 18.4 Å². The van der Waals surface area contributed by atoms with Crippen molar-refractivity contribution in [1.29, 1.82) is 0 Å². The maximum Gasteiger partial charge on any atom is 0.231 e. The highest BCUT2D eigenvalue weighted by molar-refractivity contribution is 7.22. The Morgan fingerprint density at radius 2 is 2.03 bits per heavy atom. The number of likely N-dealkylation sites (tertiary alicyclic amines) is 1. The van der Waals surface area contributed by atoms with Crippen LogP contribution >= 0.6 is 11.3 Å². The second-order valence-electron chi connectivity index (χ2n) is 8.33. The highest BCUT2D eigenvalue weighted by atomic mass is 32.1. The van der Waals surface area contributed by atoms with Gasteiger partial charge in [-0.1, -0.05) is 29.0 Å². The van der Waals surface area contributed by atoms with Gasteiger partial charge in [-0.25, -0.2) is 4.98 Å². The second-order valence-corrected chi connectivity index (χ2v) is 9.36. The summed E-state index contributed by atoms with van der Waals surface area (Å²) in [5.41, 5.74) is 5.56. The zero-order valence-corrected chi connectivity index (χ0v) is 18.4. The van der Waals surface area contributed by atoms with E-state index in [1.807, 2.05) is 25.3 Å². The van der Waals surface area contributed by atoms with Gasteiger partial charge in [-0.05, 0) is 55.7 Å². The molecule has 2 N–H and O–H groups in total. The van der Waals surface area contributed by atoms with Gasteiger partial charge >= 0.3 is 0 Å². The third kappa shape index (κ3) is 3.93. The number of nitrogens with zero attached hydrogens (tertiary/aromatic N) is 2. The summed E-state index contributed by atoms with van der Waals surface area (Å²) >= 11 is 1.47. The van der Waals surface area contributed by atoms with E-state index < -0.39 is 0 Å². The van der Waals surface area contributed by atoms with Gasteiger partial charge in [0.15, 0.2) is 5.13 Å². The van der Waals surface area contributed by atoms with Crippen LogP contribution in [0.4, 0.5) is 5.13 Å². The summed E-state index contributed by atoms with van der Waals surface area (Å²) in [6, 6.07) is 12.4. The van der Waals surface area contributed by atoms with Crippen LogP contribution in [0.25, 0.3) is 21.1 Å². The minimum atomic E-state index is -0.341. The van der Waals surface area contributed by atoms with Crippen molar-refractivity contribution in [2.24, 2.45) is 5.92 Å². The van der Waals surface area contributed by atoms with E-state index in [1.165, 1.54) is 27.8 Å². The van der Waals surface area contributed by atoms with Crippen LogP contribution in [0.2, 0.25) is 0 Å². The van der Waals surface area contributed by atoms with Crippen LogP contribution in [0, 0.1) is 19.8 Å². The Kier molecular flexibility index (Phi) is 4.98. The Morgan fingerprint density at radius 1 is 1.23 bits per heavy atom. The van der Waals surface area contributed by atoms with Crippen molar-refractivity contribution < 1.29 is 9.59 Å². The van der Waals surface area contributed by atoms with Crippen LogP contribution in [0.15, 0.2) is 42.6 Å². The van der Waals surface area contributed by atoms with E-state index in [0.29, 0.717) is 18.2 Å². The summed E-state index contributed by atoms with van der Waals surface area (Å²) < 4.78 is 1.05. The summed E-state index contributed by atoms with van der Waals surface area (Å²) in [4.78, 5) is 34.9. The molecule has 2 aromatic carbocycles. The summed E-state index contributed by atoms with van der Waals surface area (Å²) in [7, 11) is 0. The molecule has 0 aliphatic carbocycles. The van der Waals surface area contributed by atoms with Gasteiger partial charge in [0.1, 0.15) is 0 Å². The number of anilines is 1. The van der Waals surface area contributed by atoms with Crippen molar-refractivity contribution in [3.05, 3.63) is 59.3 Å². The van der Waals surface area contributed by atoms with E-state index in [2.05, 4.69) is 46.5 Å². The lowest BCUT2D eigenvalue weighted by atomic mass is 10.1. The van der Waals surface area contributed by atoms with Crippen molar-refractivity contribution in [1.82, 2.24) is 14.9 Å². The van der Waals surface area contributed by atoms with Gasteiger partial charge in [0.05, 0.1) is 16.1 Å². The monoisotopic (exact) mass is 432 g/mol. The lowest BCUT2D eigenvalue weighted by molar-refractivity contribution is -0.128. The fourth-order valence-corrected chi connectivity index (χ4v) is 5.18. The predicted octanol–water partition coefficient (Wildman–Crippen LogP) is 4.42. The molecule has 31 heavy (non-hydrogen) atoms. The van der Waals surface area contributed by atoms with E-state index in [9.17, 15) is 9.59 Å². The minimum Gasteiger partial charge on any atom is -0.361 e. The molecule has 5 rings (SSSR count). The van der Waals surface area contributed by atoms with Gasteiger partial charge in [-0.2, -0.15) is 0 Å². The van der Waals surface area contributed by atoms with E-state index in [0.717, 1.165) is 27.7 Å². The third-order valence-electron chi connectivity index (χ3n) is 5.93. The zero-order valence-electron chi connectivity index (χ0n) is 17.6. The largest absolute Gasteiger partial charge is 0.361 e. The Labute approximate surface area is 184 Å². The number of hydrogen-bond acceptors (Lipinski definition) is 4. The van der Waals surface area contributed by atoms with E-state index in [-0.39, 0.29) is 24.2 Å². The first-order valence-corrected chi connectivity index (χ1v) is 11.3. The fraction of sp³-hybridized carbons (Fsp3) is 0.292. The topological polar surface area (TPSA) is 78.1 Å². The van der Waals surface area contributed by atoms with Crippen LogP contribution < -0.4 is 5.32 Å². The molecule has 1 aliphatic rings. The molecule has 1 aliphatic heterocycles. The molecule has 4 aromatic rings. The zero-order chi connectivity index (χ0) is 21.5. The number of amides is 2. The molecular weight excluding hydrogens is 408 g/mol. The summed E-state index contributed by atoms with van der Waals surface area (Å²) in [6.45, 7) is 5.18. The third-order valence-corrected chi connectivity index (χ3v) is 6.87. The molecule has 158 valence electrons. The number of aromatic amines is 1. The van der Waals surface area contributed by atoms with E-state index in [1.54, 1.807) is 4.90 Å². The average molecular weight is 433 g/mol. The van der Waals surface area contributed by atoms with Gasteiger partial charge < -0.3 is 15.2 Å². The quantitative estimate of drug-likeness (QED) is 0.490. The SMILES string of the molecule is Cc1ccc2nc(NC(=O)C3CC(=O)N(CCc4c[nH]c5ccc(C)cc45)C3)sc2c1. The average Bonchev–Trinajstić information content (AvgIpc) is 3.42. The molecule has 1 fully saturated rings. The first-order valence-electron chi connectivity index (χ1n) is 10.5. The van der Waals surface area contributed by atoms with Gasteiger partial charge in [0.25, 0.3) is 0 Å². The minimum absolute atomic E-state index is 0.0381. The molecule has 0 radical (unpaired) electrons. The number of carbonyl (C=O) groups excluding carboxylic acids is 2. The number of carbonyl (C=O) groups is 2. The van der Waals surface area contributed by atoms with Crippen LogP contribution in [-0.2, 0) is 16.0 Å². The molecule has 0 spiro atoms. The number of aromatic nitrogens is 2. The number of benzene rings is 2. The Hall–Kier alpha value is -3.19. The van der Waals surface area contributed by atoms with E-state index >= 15 is 0 Å².